The topological polar surface area (TPSA) is 54.7 Å². The Morgan fingerprint density at radius 3 is 3.22 bits per heavy atom. The van der Waals surface area contributed by atoms with Crippen molar-refractivity contribution in [3.8, 4) is 0 Å². The van der Waals surface area contributed by atoms with Crippen molar-refractivity contribution in [2.45, 2.75) is 13.0 Å². The number of likely N-dealkylation sites (tertiary alicyclic amines) is 1. The molecule has 1 N–H and O–H groups in total. The number of ether oxygens (including phenoxy) is 1. The third-order valence-corrected chi connectivity index (χ3v) is 3.38. The summed E-state index contributed by atoms with van der Waals surface area (Å²) in [6.07, 6.45) is 2.73. The molecule has 1 aromatic heterocycles. The Morgan fingerprint density at radius 2 is 2.50 bits per heavy atom. The lowest BCUT2D eigenvalue weighted by Crippen LogP contribution is -2.24. The lowest BCUT2D eigenvalue weighted by atomic mass is 10.1. The number of carbonyl (C=O) groups excluding carboxylic acids is 1. The Kier molecular flexibility index (Phi) is 4.38. The van der Waals surface area contributed by atoms with E-state index in [1.54, 1.807) is 12.3 Å². The quantitative estimate of drug-likeness (QED) is 0.796. The molecule has 1 aromatic rings. The van der Waals surface area contributed by atoms with Crippen LogP contribution in [0.25, 0.3) is 0 Å². The van der Waals surface area contributed by atoms with E-state index >= 15 is 0 Å². The highest BCUT2D eigenvalue weighted by Crippen LogP contribution is 2.20. The number of esters is 1. The van der Waals surface area contributed by atoms with Gasteiger partial charge in [0.05, 0.1) is 19.9 Å². The molecule has 1 aliphatic heterocycles. The maximum Gasteiger partial charge on any atom is 0.341 e. The predicted octanol–water partition coefficient (Wildman–Crippen LogP) is 1.11. The van der Waals surface area contributed by atoms with Gasteiger partial charge in [-0.05, 0) is 38.5 Å². The van der Waals surface area contributed by atoms with E-state index in [-0.39, 0.29) is 5.97 Å². The van der Waals surface area contributed by atoms with E-state index in [4.69, 9.17) is 9.15 Å². The maximum absolute atomic E-state index is 11.5. The number of furan rings is 1. The minimum atomic E-state index is -0.329. The van der Waals surface area contributed by atoms with E-state index in [9.17, 15) is 4.79 Å². The third kappa shape index (κ3) is 2.91. The molecule has 5 nitrogen and oxygen atoms in total. The molecule has 0 aromatic carbocycles. The van der Waals surface area contributed by atoms with E-state index in [2.05, 4.69) is 10.2 Å². The summed E-state index contributed by atoms with van der Waals surface area (Å²) in [7, 11) is 3.36. The van der Waals surface area contributed by atoms with Gasteiger partial charge in [0.25, 0.3) is 0 Å². The average molecular weight is 252 g/mol. The van der Waals surface area contributed by atoms with Crippen LogP contribution in [0, 0.1) is 5.92 Å². The fourth-order valence-electron chi connectivity index (χ4n) is 2.47. The van der Waals surface area contributed by atoms with Crippen molar-refractivity contribution < 1.29 is 13.9 Å². The molecule has 0 radical (unpaired) electrons. The predicted molar refractivity (Wildman–Crippen MR) is 67.4 cm³/mol. The molecular weight excluding hydrogens is 232 g/mol. The standard InChI is InChI=1S/C13H20N2O3/c1-14-7-10-3-5-15(8-10)9-12-11(4-6-18-12)13(16)17-2/h4,6,10,14H,3,5,7-9H2,1-2H3. The van der Waals surface area contributed by atoms with Gasteiger partial charge in [-0.15, -0.1) is 0 Å². The van der Waals surface area contributed by atoms with Crippen molar-refractivity contribution in [2.75, 3.05) is 33.8 Å². The van der Waals surface area contributed by atoms with Gasteiger partial charge in [-0.25, -0.2) is 4.79 Å². The van der Waals surface area contributed by atoms with Crippen LogP contribution in [0.15, 0.2) is 16.7 Å². The highest BCUT2D eigenvalue weighted by atomic mass is 16.5. The Labute approximate surface area is 107 Å². The number of rotatable bonds is 5. The van der Waals surface area contributed by atoms with Crippen molar-refractivity contribution in [1.29, 1.82) is 0 Å². The second kappa shape index (κ2) is 6.02. The van der Waals surface area contributed by atoms with Crippen molar-refractivity contribution in [2.24, 2.45) is 5.92 Å². The number of nitrogens with zero attached hydrogens (tertiary/aromatic N) is 1. The molecule has 1 fully saturated rings. The summed E-state index contributed by atoms with van der Waals surface area (Å²) in [5, 5.41) is 3.20. The van der Waals surface area contributed by atoms with E-state index in [1.165, 1.54) is 13.5 Å². The van der Waals surface area contributed by atoms with Gasteiger partial charge in [-0.1, -0.05) is 0 Å². The molecule has 18 heavy (non-hydrogen) atoms. The van der Waals surface area contributed by atoms with Crippen LogP contribution in [-0.2, 0) is 11.3 Å². The van der Waals surface area contributed by atoms with Crippen LogP contribution < -0.4 is 5.32 Å². The fourth-order valence-corrected chi connectivity index (χ4v) is 2.47. The highest BCUT2D eigenvalue weighted by Gasteiger charge is 2.24. The van der Waals surface area contributed by atoms with Crippen molar-refractivity contribution in [3.63, 3.8) is 0 Å². The summed E-state index contributed by atoms with van der Waals surface area (Å²) in [5.74, 6) is 1.06. The minimum Gasteiger partial charge on any atom is -0.467 e. The van der Waals surface area contributed by atoms with Crippen LogP contribution >= 0.6 is 0 Å². The maximum atomic E-state index is 11.5. The smallest absolute Gasteiger partial charge is 0.341 e. The zero-order chi connectivity index (χ0) is 13.0. The average Bonchev–Trinajstić information content (AvgIpc) is 2.99. The second-order valence-corrected chi connectivity index (χ2v) is 4.70. The summed E-state index contributed by atoms with van der Waals surface area (Å²) < 4.78 is 10.1. The molecule has 100 valence electrons. The number of methoxy groups -OCH3 is 1. The molecule has 1 saturated heterocycles. The molecule has 2 heterocycles. The van der Waals surface area contributed by atoms with Crippen molar-refractivity contribution >= 4 is 5.97 Å². The van der Waals surface area contributed by atoms with Gasteiger partial charge in [-0.2, -0.15) is 0 Å². The summed E-state index contributed by atoms with van der Waals surface area (Å²) in [6, 6.07) is 1.67. The first kappa shape index (κ1) is 13.1. The van der Waals surface area contributed by atoms with E-state index < -0.39 is 0 Å². The van der Waals surface area contributed by atoms with Crippen LogP contribution in [-0.4, -0.2) is 44.7 Å². The van der Waals surface area contributed by atoms with Crippen molar-refractivity contribution in [1.82, 2.24) is 10.2 Å². The van der Waals surface area contributed by atoms with Gasteiger partial charge in [0, 0.05) is 6.54 Å². The minimum absolute atomic E-state index is 0.329. The molecule has 5 heteroatoms. The molecule has 0 amide bonds. The summed E-state index contributed by atoms with van der Waals surface area (Å²) in [5.41, 5.74) is 0.537. The second-order valence-electron chi connectivity index (χ2n) is 4.70. The van der Waals surface area contributed by atoms with E-state index in [0.717, 1.165) is 19.6 Å². The largest absolute Gasteiger partial charge is 0.467 e. The zero-order valence-corrected chi connectivity index (χ0v) is 10.9. The molecule has 1 atom stereocenters. The SMILES string of the molecule is CNCC1CCN(Cc2occc2C(=O)OC)C1. The summed E-state index contributed by atoms with van der Waals surface area (Å²) >= 11 is 0. The van der Waals surface area contributed by atoms with Crippen LogP contribution in [0.5, 0.6) is 0 Å². The van der Waals surface area contributed by atoms with Gasteiger partial charge in [0.1, 0.15) is 11.3 Å². The van der Waals surface area contributed by atoms with Crippen LogP contribution in [0.1, 0.15) is 22.5 Å². The number of hydrogen-bond donors (Lipinski definition) is 1. The van der Waals surface area contributed by atoms with E-state index in [1.807, 2.05) is 7.05 Å². The molecule has 0 aliphatic carbocycles. The number of hydrogen-bond acceptors (Lipinski definition) is 5. The Balaban J connectivity index is 1.94. The number of nitrogens with one attached hydrogen (secondary N) is 1. The van der Waals surface area contributed by atoms with Crippen LogP contribution in [0.3, 0.4) is 0 Å². The third-order valence-electron chi connectivity index (χ3n) is 3.38. The Morgan fingerprint density at radius 1 is 1.67 bits per heavy atom. The lowest BCUT2D eigenvalue weighted by molar-refractivity contribution is 0.0596. The molecule has 1 aliphatic rings. The normalized spacial score (nSPS) is 20.2. The highest BCUT2D eigenvalue weighted by molar-refractivity contribution is 5.90. The van der Waals surface area contributed by atoms with Crippen LogP contribution in [0.4, 0.5) is 0 Å². The van der Waals surface area contributed by atoms with Gasteiger partial charge in [0.15, 0.2) is 0 Å². The first-order valence-electron chi connectivity index (χ1n) is 6.26. The Bertz CT molecular complexity index is 403. The summed E-state index contributed by atoms with van der Waals surface area (Å²) in [6.45, 7) is 3.81. The van der Waals surface area contributed by atoms with Crippen LogP contribution in [0.2, 0.25) is 0 Å². The van der Waals surface area contributed by atoms with Gasteiger partial charge in [0.2, 0.25) is 0 Å². The molecule has 0 bridgehead atoms. The number of carbonyl (C=O) groups is 1. The lowest BCUT2D eigenvalue weighted by Gasteiger charge is -2.15. The first-order chi connectivity index (χ1) is 8.74. The molecule has 0 spiro atoms. The molecule has 1 unspecified atom stereocenters. The zero-order valence-electron chi connectivity index (χ0n) is 10.9. The van der Waals surface area contributed by atoms with E-state index in [0.29, 0.717) is 23.8 Å². The van der Waals surface area contributed by atoms with Gasteiger partial charge in [-0.3, -0.25) is 4.90 Å². The molecule has 0 saturated carbocycles. The first-order valence-corrected chi connectivity index (χ1v) is 6.26. The van der Waals surface area contributed by atoms with Gasteiger partial charge < -0.3 is 14.5 Å². The Hall–Kier alpha value is -1.33. The van der Waals surface area contributed by atoms with Gasteiger partial charge >= 0.3 is 5.97 Å². The summed E-state index contributed by atoms with van der Waals surface area (Å²) in [4.78, 5) is 13.8. The fraction of sp³-hybridized carbons (Fsp3) is 0.615. The molecular formula is C13H20N2O3. The molecule has 2 rings (SSSR count). The monoisotopic (exact) mass is 252 g/mol. The van der Waals surface area contributed by atoms with Crippen molar-refractivity contribution in [3.05, 3.63) is 23.7 Å².